The van der Waals surface area contributed by atoms with E-state index in [1.54, 1.807) is 18.7 Å². The lowest BCUT2D eigenvalue weighted by Gasteiger charge is -2.37. The Hall–Kier alpha value is -2.47. The Morgan fingerprint density at radius 3 is 2.67 bits per heavy atom. The molecule has 0 aliphatic carbocycles. The van der Waals surface area contributed by atoms with Crippen molar-refractivity contribution in [3.8, 4) is 0 Å². The molecule has 1 aliphatic rings. The van der Waals surface area contributed by atoms with Gasteiger partial charge in [0.2, 0.25) is 0 Å². The highest BCUT2D eigenvalue weighted by Gasteiger charge is 2.31. The van der Waals surface area contributed by atoms with Crippen LogP contribution < -0.4 is 5.56 Å². The third-order valence-electron chi connectivity index (χ3n) is 4.40. The smallest absolute Gasteiger partial charge is 0.277 e. The standard InChI is InChI=1S/C18H21N3O3/c1-11-9-21(10-15(24-11)14-7-5-4-6-8-14)18(23)16-12(2)13(3)19-20-17(16)22/h4-8,11,15H,9-10H2,1-3H3,(H,20,22)/t11-,15-/m1/s1. The van der Waals surface area contributed by atoms with Crippen LogP contribution in [-0.4, -0.2) is 40.2 Å². The fourth-order valence-corrected chi connectivity index (χ4v) is 3.01. The van der Waals surface area contributed by atoms with Crippen molar-refractivity contribution < 1.29 is 9.53 Å². The van der Waals surface area contributed by atoms with Gasteiger partial charge in [0.15, 0.2) is 0 Å². The lowest BCUT2D eigenvalue weighted by atomic mass is 10.0. The Morgan fingerprint density at radius 1 is 1.25 bits per heavy atom. The maximum atomic E-state index is 12.9. The molecule has 126 valence electrons. The fraction of sp³-hybridized carbons (Fsp3) is 0.389. The first-order chi connectivity index (χ1) is 11.5. The van der Waals surface area contributed by atoms with Gasteiger partial charge in [-0.15, -0.1) is 0 Å². The van der Waals surface area contributed by atoms with Gasteiger partial charge in [-0.05, 0) is 31.9 Å². The summed E-state index contributed by atoms with van der Waals surface area (Å²) in [6.45, 7) is 6.35. The predicted octanol–water partition coefficient (Wildman–Crippen LogP) is 1.99. The summed E-state index contributed by atoms with van der Waals surface area (Å²) in [6.07, 6.45) is -0.295. The van der Waals surface area contributed by atoms with Gasteiger partial charge in [0, 0.05) is 6.54 Å². The molecule has 6 nitrogen and oxygen atoms in total. The number of nitrogens with one attached hydrogen (secondary N) is 1. The van der Waals surface area contributed by atoms with Crippen LogP contribution in [0.1, 0.15) is 40.2 Å². The van der Waals surface area contributed by atoms with Crippen LogP contribution >= 0.6 is 0 Å². The largest absolute Gasteiger partial charge is 0.367 e. The van der Waals surface area contributed by atoms with E-state index in [-0.39, 0.29) is 23.7 Å². The maximum Gasteiger partial charge on any atom is 0.277 e. The van der Waals surface area contributed by atoms with Crippen molar-refractivity contribution in [2.45, 2.75) is 33.0 Å². The number of aryl methyl sites for hydroxylation is 1. The van der Waals surface area contributed by atoms with E-state index >= 15 is 0 Å². The van der Waals surface area contributed by atoms with Gasteiger partial charge < -0.3 is 9.64 Å². The number of carbonyl (C=O) groups is 1. The number of hydrogen-bond acceptors (Lipinski definition) is 4. The molecular weight excluding hydrogens is 306 g/mol. The van der Waals surface area contributed by atoms with Gasteiger partial charge in [-0.25, -0.2) is 5.10 Å². The molecule has 0 spiro atoms. The molecule has 1 aromatic carbocycles. The van der Waals surface area contributed by atoms with Gasteiger partial charge in [-0.1, -0.05) is 30.3 Å². The summed E-state index contributed by atoms with van der Waals surface area (Å²) in [4.78, 5) is 26.7. The van der Waals surface area contributed by atoms with Gasteiger partial charge in [0.25, 0.3) is 11.5 Å². The van der Waals surface area contributed by atoms with E-state index in [0.717, 1.165) is 5.56 Å². The molecule has 1 fully saturated rings. The first kappa shape index (κ1) is 16.4. The number of ether oxygens (including phenoxy) is 1. The predicted molar refractivity (Wildman–Crippen MR) is 90.0 cm³/mol. The molecular formula is C18H21N3O3. The minimum Gasteiger partial charge on any atom is -0.367 e. The number of amides is 1. The third-order valence-corrected chi connectivity index (χ3v) is 4.40. The van der Waals surface area contributed by atoms with Crippen molar-refractivity contribution in [1.29, 1.82) is 0 Å². The minimum absolute atomic E-state index is 0.102. The second-order valence-corrected chi connectivity index (χ2v) is 6.19. The topological polar surface area (TPSA) is 75.3 Å². The highest BCUT2D eigenvalue weighted by Crippen LogP contribution is 2.26. The molecule has 3 rings (SSSR count). The average Bonchev–Trinajstić information content (AvgIpc) is 2.58. The SMILES string of the molecule is Cc1n[nH]c(=O)c(C(=O)N2C[C@@H](C)O[C@@H](c3ccccc3)C2)c1C. The van der Waals surface area contributed by atoms with E-state index in [0.29, 0.717) is 24.3 Å². The van der Waals surface area contributed by atoms with Crippen LogP contribution in [0, 0.1) is 13.8 Å². The van der Waals surface area contributed by atoms with Crippen molar-refractivity contribution >= 4 is 5.91 Å². The van der Waals surface area contributed by atoms with Gasteiger partial charge in [-0.3, -0.25) is 9.59 Å². The molecule has 0 unspecified atom stereocenters. The zero-order valence-electron chi connectivity index (χ0n) is 14.1. The molecule has 0 bridgehead atoms. The quantitative estimate of drug-likeness (QED) is 0.915. The number of carbonyl (C=O) groups excluding carboxylic acids is 1. The monoisotopic (exact) mass is 327 g/mol. The Kier molecular flexibility index (Phi) is 4.49. The zero-order valence-corrected chi connectivity index (χ0v) is 14.1. The molecule has 2 aromatic rings. The number of nitrogens with zero attached hydrogens (tertiary/aromatic N) is 2. The minimum atomic E-state index is -0.446. The van der Waals surface area contributed by atoms with Gasteiger partial charge >= 0.3 is 0 Å². The van der Waals surface area contributed by atoms with Crippen LogP contribution in [0.4, 0.5) is 0 Å². The summed E-state index contributed by atoms with van der Waals surface area (Å²) in [5.74, 6) is -0.268. The van der Waals surface area contributed by atoms with Crippen molar-refractivity contribution in [2.24, 2.45) is 0 Å². The van der Waals surface area contributed by atoms with Crippen LogP contribution in [-0.2, 0) is 4.74 Å². The molecule has 0 radical (unpaired) electrons. The highest BCUT2D eigenvalue weighted by atomic mass is 16.5. The summed E-state index contributed by atoms with van der Waals surface area (Å²) in [7, 11) is 0. The number of aromatic nitrogens is 2. The van der Waals surface area contributed by atoms with E-state index < -0.39 is 5.56 Å². The van der Waals surface area contributed by atoms with Crippen LogP contribution in [0.15, 0.2) is 35.1 Å². The lowest BCUT2D eigenvalue weighted by molar-refractivity contribution is -0.0692. The average molecular weight is 327 g/mol. The molecule has 1 saturated heterocycles. The maximum absolute atomic E-state index is 12.9. The Morgan fingerprint density at radius 2 is 1.96 bits per heavy atom. The van der Waals surface area contributed by atoms with Crippen LogP contribution in [0.3, 0.4) is 0 Å². The van der Waals surface area contributed by atoms with Gasteiger partial charge in [0.05, 0.1) is 18.3 Å². The summed E-state index contributed by atoms with van der Waals surface area (Å²) in [6, 6.07) is 9.82. The molecule has 6 heteroatoms. The molecule has 1 aliphatic heterocycles. The molecule has 24 heavy (non-hydrogen) atoms. The first-order valence-electron chi connectivity index (χ1n) is 8.03. The van der Waals surface area contributed by atoms with E-state index in [2.05, 4.69) is 10.2 Å². The lowest BCUT2D eigenvalue weighted by Crippen LogP contribution is -2.47. The van der Waals surface area contributed by atoms with Gasteiger partial charge in [0.1, 0.15) is 11.7 Å². The summed E-state index contributed by atoms with van der Waals surface area (Å²) < 4.78 is 5.98. The van der Waals surface area contributed by atoms with Crippen molar-refractivity contribution in [3.63, 3.8) is 0 Å². The molecule has 1 amide bonds. The van der Waals surface area contributed by atoms with E-state index in [9.17, 15) is 9.59 Å². The number of hydrogen-bond donors (Lipinski definition) is 1. The number of rotatable bonds is 2. The third kappa shape index (κ3) is 3.10. The van der Waals surface area contributed by atoms with Crippen molar-refractivity contribution in [2.75, 3.05) is 13.1 Å². The van der Waals surface area contributed by atoms with Crippen LogP contribution in [0.5, 0.6) is 0 Å². The molecule has 2 atom stereocenters. The summed E-state index contributed by atoms with van der Waals surface area (Å²) in [5.41, 5.74) is 2.03. The molecule has 0 saturated carbocycles. The number of H-pyrrole nitrogens is 1. The van der Waals surface area contributed by atoms with E-state index in [4.69, 9.17) is 4.74 Å². The first-order valence-corrected chi connectivity index (χ1v) is 8.03. The Bertz CT molecular complexity index is 801. The second kappa shape index (κ2) is 6.57. The van der Waals surface area contributed by atoms with E-state index in [1.807, 2.05) is 37.3 Å². The number of morpholine rings is 1. The molecule has 1 aromatic heterocycles. The normalized spacial score (nSPS) is 20.9. The van der Waals surface area contributed by atoms with Crippen molar-refractivity contribution in [3.05, 3.63) is 63.1 Å². The number of benzene rings is 1. The van der Waals surface area contributed by atoms with Crippen LogP contribution in [0.25, 0.3) is 0 Å². The van der Waals surface area contributed by atoms with E-state index in [1.165, 1.54) is 0 Å². The summed E-state index contributed by atoms with van der Waals surface area (Å²) >= 11 is 0. The summed E-state index contributed by atoms with van der Waals surface area (Å²) in [5, 5.41) is 6.31. The highest BCUT2D eigenvalue weighted by molar-refractivity contribution is 5.95. The Balaban J connectivity index is 1.90. The second-order valence-electron chi connectivity index (χ2n) is 6.19. The Labute approximate surface area is 140 Å². The number of aromatic amines is 1. The zero-order chi connectivity index (χ0) is 17.3. The van der Waals surface area contributed by atoms with Crippen LogP contribution in [0.2, 0.25) is 0 Å². The molecule has 1 N–H and O–H groups in total. The van der Waals surface area contributed by atoms with Crippen molar-refractivity contribution in [1.82, 2.24) is 15.1 Å². The fourth-order valence-electron chi connectivity index (χ4n) is 3.01. The van der Waals surface area contributed by atoms with Gasteiger partial charge in [-0.2, -0.15) is 5.10 Å². The molecule has 2 heterocycles.